The molecule has 1 aliphatic carbocycles. The van der Waals surface area contributed by atoms with Gasteiger partial charge in [0, 0.05) is 0 Å². The molecular formula is C11H16F3N3O3S. The van der Waals surface area contributed by atoms with E-state index in [9.17, 15) is 21.6 Å². The molecule has 1 heterocycles. The Hall–Kier alpha value is -1.13. The molecule has 10 heteroatoms. The molecule has 1 aliphatic rings. The summed E-state index contributed by atoms with van der Waals surface area (Å²) in [5.74, 6) is 0. The van der Waals surface area contributed by atoms with E-state index >= 15 is 0 Å². The monoisotopic (exact) mass is 327 g/mol. The summed E-state index contributed by atoms with van der Waals surface area (Å²) in [6.07, 6.45) is -5.15. The van der Waals surface area contributed by atoms with E-state index in [2.05, 4.69) is 5.10 Å². The Kier molecular flexibility index (Phi) is 3.83. The first kappa shape index (κ1) is 16.2. The van der Waals surface area contributed by atoms with Crippen molar-refractivity contribution in [3.05, 3.63) is 11.4 Å². The Morgan fingerprint density at radius 1 is 1.38 bits per heavy atom. The fraction of sp³-hybridized carbons (Fsp3) is 0.727. The summed E-state index contributed by atoms with van der Waals surface area (Å²) in [6.45, 7) is 2.67. The Bertz CT molecular complexity index is 648. The van der Waals surface area contributed by atoms with Crippen LogP contribution in [0.5, 0.6) is 0 Å². The number of sulfonamides is 1. The molecule has 0 atom stereocenters. The number of nitrogens with zero attached hydrogens (tertiary/aromatic N) is 2. The zero-order valence-electron chi connectivity index (χ0n) is 11.5. The maximum absolute atomic E-state index is 12.9. The van der Waals surface area contributed by atoms with Crippen LogP contribution in [0.2, 0.25) is 0 Å². The highest BCUT2D eigenvalue weighted by Crippen LogP contribution is 2.49. The SMILES string of the molecule is Cc1nn(CCO)c(C)c1S(=O)(=O)NC1(C(F)(F)F)CC1. The van der Waals surface area contributed by atoms with Gasteiger partial charge < -0.3 is 5.11 Å². The molecule has 0 radical (unpaired) electrons. The summed E-state index contributed by atoms with van der Waals surface area (Å²) in [7, 11) is -4.33. The fourth-order valence-corrected chi connectivity index (χ4v) is 4.12. The van der Waals surface area contributed by atoms with Gasteiger partial charge in [-0.15, -0.1) is 0 Å². The molecule has 2 N–H and O–H groups in total. The first-order valence-corrected chi connectivity index (χ1v) is 7.78. The van der Waals surface area contributed by atoms with E-state index < -0.39 is 21.7 Å². The second-order valence-electron chi connectivity index (χ2n) is 5.13. The van der Waals surface area contributed by atoms with Gasteiger partial charge in [-0.05, 0) is 26.7 Å². The highest BCUT2D eigenvalue weighted by atomic mass is 32.2. The van der Waals surface area contributed by atoms with Crippen LogP contribution in [0.1, 0.15) is 24.2 Å². The molecule has 1 saturated carbocycles. The van der Waals surface area contributed by atoms with Gasteiger partial charge in [0.25, 0.3) is 0 Å². The Morgan fingerprint density at radius 3 is 2.38 bits per heavy atom. The average Bonchev–Trinajstić information content (AvgIpc) is 3.01. The molecule has 0 aromatic carbocycles. The van der Waals surface area contributed by atoms with Crippen molar-refractivity contribution >= 4 is 10.0 Å². The van der Waals surface area contributed by atoms with Crippen molar-refractivity contribution in [2.24, 2.45) is 0 Å². The number of aliphatic hydroxyl groups is 1. The average molecular weight is 327 g/mol. The number of rotatable bonds is 5. The van der Waals surface area contributed by atoms with Gasteiger partial charge >= 0.3 is 6.18 Å². The predicted octanol–water partition coefficient (Wildman–Crippen LogP) is 0.865. The molecule has 2 rings (SSSR count). The number of hydrogen-bond donors (Lipinski definition) is 2. The maximum atomic E-state index is 12.9. The van der Waals surface area contributed by atoms with Crippen molar-refractivity contribution in [3.8, 4) is 0 Å². The molecule has 1 aromatic rings. The fourth-order valence-electron chi connectivity index (χ4n) is 2.26. The third-order valence-corrected chi connectivity index (χ3v) is 5.31. The van der Waals surface area contributed by atoms with Crippen LogP contribution in [0.4, 0.5) is 13.2 Å². The molecule has 0 spiro atoms. The van der Waals surface area contributed by atoms with Gasteiger partial charge in [-0.2, -0.15) is 23.0 Å². The van der Waals surface area contributed by atoms with E-state index in [1.54, 1.807) is 4.72 Å². The molecule has 0 amide bonds. The number of halogens is 3. The van der Waals surface area contributed by atoms with Crippen LogP contribution < -0.4 is 4.72 Å². The van der Waals surface area contributed by atoms with Gasteiger partial charge in [-0.25, -0.2) is 8.42 Å². The van der Waals surface area contributed by atoms with Crippen molar-refractivity contribution < 1.29 is 26.7 Å². The standard InChI is InChI=1S/C11H16F3N3O3S/c1-7-9(8(2)17(15-7)5-6-18)21(19,20)16-10(3-4-10)11(12,13)14/h16,18H,3-6H2,1-2H3. The zero-order valence-corrected chi connectivity index (χ0v) is 12.3. The van der Waals surface area contributed by atoms with E-state index in [-0.39, 0.29) is 42.3 Å². The van der Waals surface area contributed by atoms with E-state index in [1.165, 1.54) is 18.5 Å². The number of aliphatic hydroxyl groups excluding tert-OH is 1. The lowest BCUT2D eigenvalue weighted by Crippen LogP contribution is -2.47. The third-order valence-electron chi connectivity index (χ3n) is 3.52. The number of aryl methyl sites for hydroxylation is 1. The molecule has 21 heavy (non-hydrogen) atoms. The molecular weight excluding hydrogens is 311 g/mol. The topological polar surface area (TPSA) is 84.2 Å². The first-order chi connectivity index (χ1) is 9.54. The van der Waals surface area contributed by atoms with Crippen LogP contribution in [0, 0.1) is 13.8 Å². The van der Waals surface area contributed by atoms with Gasteiger partial charge in [0.15, 0.2) is 0 Å². The molecule has 6 nitrogen and oxygen atoms in total. The molecule has 0 unspecified atom stereocenters. The summed E-state index contributed by atoms with van der Waals surface area (Å²) >= 11 is 0. The van der Waals surface area contributed by atoms with Gasteiger partial charge in [0.1, 0.15) is 10.4 Å². The summed E-state index contributed by atoms with van der Waals surface area (Å²) in [6, 6.07) is 0. The van der Waals surface area contributed by atoms with E-state index in [0.29, 0.717) is 0 Å². The lowest BCUT2D eigenvalue weighted by atomic mass is 10.3. The third kappa shape index (κ3) is 2.79. The van der Waals surface area contributed by atoms with Crippen LogP contribution in [0.25, 0.3) is 0 Å². The van der Waals surface area contributed by atoms with Gasteiger partial charge in [0.05, 0.1) is 24.5 Å². The molecule has 0 aliphatic heterocycles. The second kappa shape index (κ2) is 4.96. The number of alkyl halides is 3. The minimum absolute atomic E-state index is 0.0760. The smallest absolute Gasteiger partial charge is 0.394 e. The summed E-state index contributed by atoms with van der Waals surface area (Å²) in [5, 5.41) is 12.8. The van der Waals surface area contributed by atoms with Crippen molar-refractivity contribution in [2.75, 3.05) is 6.61 Å². The van der Waals surface area contributed by atoms with Crippen LogP contribution >= 0.6 is 0 Å². The molecule has 1 aromatic heterocycles. The molecule has 120 valence electrons. The van der Waals surface area contributed by atoms with E-state index in [4.69, 9.17) is 5.11 Å². The minimum Gasteiger partial charge on any atom is -0.394 e. The summed E-state index contributed by atoms with van der Waals surface area (Å²) < 4.78 is 66.2. The molecule has 1 fully saturated rings. The van der Waals surface area contributed by atoms with Gasteiger partial charge in [-0.1, -0.05) is 0 Å². The van der Waals surface area contributed by atoms with Crippen LogP contribution in [0.3, 0.4) is 0 Å². The molecule has 0 saturated heterocycles. The Balaban J connectivity index is 2.38. The van der Waals surface area contributed by atoms with Crippen molar-refractivity contribution in [3.63, 3.8) is 0 Å². The van der Waals surface area contributed by atoms with Crippen LogP contribution in [-0.4, -0.2) is 41.6 Å². The van der Waals surface area contributed by atoms with Gasteiger partial charge in [0.2, 0.25) is 10.0 Å². The lowest BCUT2D eigenvalue weighted by Gasteiger charge is -2.20. The normalized spacial score (nSPS) is 18.0. The highest BCUT2D eigenvalue weighted by Gasteiger charge is 2.65. The summed E-state index contributed by atoms with van der Waals surface area (Å²) in [4.78, 5) is -0.258. The second-order valence-corrected chi connectivity index (χ2v) is 6.75. The lowest BCUT2D eigenvalue weighted by molar-refractivity contribution is -0.160. The quantitative estimate of drug-likeness (QED) is 0.840. The largest absolute Gasteiger partial charge is 0.407 e. The number of aromatic nitrogens is 2. The highest BCUT2D eigenvalue weighted by molar-refractivity contribution is 7.89. The Morgan fingerprint density at radius 2 is 1.95 bits per heavy atom. The van der Waals surface area contributed by atoms with E-state index in [0.717, 1.165) is 0 Å². The Labute approximate surface area is 120 Å². The van der Waals surface area contributed by atoms with E-state index in [1.807, 2.05) is 0 Å². The molecule has 0 bridgehead atoms. The number of hydrogen-bond acceptors (Lipinski definition) is 4. The van der Waals surface area contributed by atoms with Crippen molar-refractivity contribution in [1.29, 1.82) is 0 Å². The first-order valence-electron chi connectivity index (χ1n) is 6.30. The minimum atomic E-state index is -4.62. The van der Waals surface area contributed by atoms with Crippen LogP contribution in [-0.2, 0) is 16.6 Å². The summed E-state index contributed by atoms with van der Waals surface area (Å²) in [5.41, 5.74) is -2.05. The van der Waals surface area contributed by atoms with Crippen molar-refractivity contribution in [2.45, 2.75) is 49.8 Å². The van der Waals surface area contributed by atoms with Crippen LogP contribution in [0.15, 0.2) is 4.90 Å². The predicted molar refractivity (Wildman–Crippen MR) is 67.1 cm³/mol. The van der Waals surface area contributed by atoms with Gasteiger partial charge in [-0.3, -0.25) is 4.68 Å². The number of nitrogens with one attached hydrogen (secondary N) is 1. The maximum Gasteiger partial charge on any atom is 0.407 e. The van der Waals surface area contributed by atoms with Crippen molar-refractivity contribution in [1.82, 2.24) is 14.5 Å². The zero-order chi connectivity index (χ0) is 16.1.